The van der Waals surface area contributed by atoms with E-state index in [1.807, 2.05) is 19.1 Å². The van der Waals surface area contributed by atoms with Crippen LogP contribution in [-0.4, -0.2) is 4.98 Å². The first-order valence-corrected chi connectivity index (χ1v) is 3.55. The second-order valence-electron chi connectivity index (χ2n) is 2.11. The molecule has 2 N–H and O–H groups in total. The van der Waals surface area contributed by atoms with Crippen molar-refractivity contribution in [2.45, 2.75) is 12.8 Å². The smallest absolute Gasteiger partial charge is 0.0647 e. The number of aryl methyl sites for hydroxylation is 1. The third-order valence-corrected chi connectivity index (χ3v) is 1.60. The largest absolute Gasteiger partial charge is 0.397 e. The molecule has 0 saturated heterocycles. The van der Waals surface area contributed by atoms with Crippen molar-refractivity contribution >= 4 is 17.3 Å². The molecule has 3 heteroatoms. The maximum atomic E-state index is 5.55. The lowest BCUT2D eigenvalue weighted by atomic mass is 10.3. The maximum Gasteiger partial charge on any atom is 0.0647 e. The number of anilines is 1. The average Bonchev–Trinajstić information content (AvgIpc) is 1.95. The lowest BCUT2D eigenvalue weighted by molar-refractivity contribution is 1.11. The molecule has 0 radical (unpaired) electrons. The van der Waals surface area contributed by atoms with Gasteiger partial charge in [-0.15, -0.1) is 11.6 Å². The highest BCUT2D eigenvalue weighted by Gasteiger charge is 1.95. The van der Waals surface area contributed by atoms with Crippen molar-refractivity contribution in [3.05, 3.63) is 23.5 Å². The Balaban J connectivity index is 3.04. The van der Waals surface area contributed by atoms with Gasteiger partial charge in [-0.1, -0.05) is 0 Å². The van der Waals surface area contributed by atoms with Crippen molar-refractivity contribution in [2.24, 2.45) is 0 Å². The second kappa shape index (κ2) is 2.88. The molecule has 0 aliphatic heterocycles. The van der Waals surface area contributed by atoms with Crippen molar-refractivity contribution in [1.82, 2.24) is 4.98 Å². The minimum atomic E-state index is 0.446. The molecule has 0 fully saturated rings. The molecule has 0 aliphatic carbocycles. The van der Waals surface area contributed by atoms with E-state index in [0.29, 0.717) is 11.6 Å². The van der Waals surface area contributed by atoms with Crippen molar-refractivity contribution in [2.75, 3.05) is 5.73 Å². The molecule has 1 rings (SSSR count). The molecule has 1 heterocycles. The first-order valence-electron chi connectivity index (χ1n) is 3.02. The van der Waals surface area contributed by atoms with Crippen LogP contribution in [0.2, 0.25) is 0 Å². The lowest BCUT2D eigenvalue weighted by Gasteiger charge is -1.99. The molecule has 0 aromatic carbocycles. The van der Waals surface area contributed by atoms with Gasteiger partial charge in [0.25, 0.3) is 0 Å². The van der Waals surface area contributed by atoms with Gasteiger partial charge in [-0.2, -0.15) is 0 Å². The normalized spacial score (nSPS) is 9.80. The van der Waals surface area contributed by atoms with E-state index in [9.17, 15) is 0 Å². The first-order chi connectivity index (χ1) is 4.74. The molecule has 2 nitrogen and oxygen atoms in total. The average molecular weight is 157 g/mol. The van der Waals surface area contributed by atoms with Gasteiger partial charge in [0.1, 0.15) is 0 Å². The summed E-state index contributed by atoms with van der Waals surface area (Å²) in [4.78, 5) is 4.13. The Morgan fingerprint density at radius 3 is 2.80 bits per heavy atom. The van der Waals surface area contributed by atoms with Gasteiger partial charge in [0, 0.05) is 0 Å². The summed E-state index contributed by atoms with van der Waals surface area (Å²) in [5, 5.41) is 0. The standard InChI is InChI=1S/C7H9ClN2/c1-5-7(9)3-2-6(4-8)10-5/h2-3H,4,9H2,1H3. The quantitative estimate of drug-likeness (QED) is 0.629. The number of alkyl halides is 1. The molecule has 1 aromatic rings. The van der Waals surface area contributed by atoms with E-state index in [-0.39, 0.29) is 0 Å². The summed E-state index contributed by atoms with van der Waals surface area (Å²) in [5.74, 6) is 0.446. The molecule has 0 spiro atoms. The van der Waals surface area contributed by atoms with Gasteiger partial charge < -0.3 is 5.73 Å². The predicted molar refractivity (Wildman–Crippen MR) is 42.9 cm³/mol. The minimum Gasteiger partial charge on any atom is -0.397 e. The van der Waals surface area contributed by atoms with Crippen molar-refractivity contribution in [1.29, 1.82) is 0 Å². The summed E-state index contributed by atoms with van der Waals surface area (Å²) < 4.78 is 0. The predicted octanol–water partition coefficient (Wildman–Crippen LogP) is 1.71. The van der Waals surface area contributed by atoms with Gasteiger partial charge in [-0.05, 0) is 19.1 Å². The van der Waals surface area contributed by atoms with Crippen LogP contribution in [0.15, 0.2) is 12.1 Å². The first kappa shape index (κ1) is 7.35. The van der Waals surface area contributed by atoms with E-state index in [0.717, 1.165) is 11.4 Å². The number of nitrogens with zero attached hydrogens (tertiary/aromatic N) is 1. The van der Waals surface area contributed by atoms with E-state index in [1.165, 1.54) is 0 Å². The summed E-state index contributed by atoms with van der Waals surface area (Å²) in [6, 6.07) is 3.65. The highest BCUT2D eigenvalue weighted by atomic mass is 35.5. The third-order valence-electron chi connectivity index (χ3n) is 1.32. The molecule has 0 unspecified atom stereocenters. The molecular weight excluding hydrogens is 148 g/mol. The van der Waals surface area contributed by atoms with Crippen LogP contribution >= 0.6 is 11.6 Å². The van der Waals surface area contributed by atoms with Crippen LogP contribution in [-0.2, 0) is 5.88 Å². The number of halogens is 1. The van der Waals surface area contributed by atoms with Crippen molar-refractivity contribution in [3.8, 4) is 0 Å². The summed E-state index contributed by atoms with van der Waals surface area (Å²) in [7, 11) is 0. The van der Waals surface area contributed by atoms with Crippen molar-refractivity contribution < 1.29 is 0 Å². The zero-order chi connectivity index (χ0) is 7.56. The molecule has 0 aliphatic rings. The molecular formula is C7H9ClN2. The fourth-order valence-corrected chi connectivity index (χ4v) is 0.847. The molecule has 0 bridgehead atoms. The van der Waals surface area contributed by atoms with E-state index in [1.54, 1.807) is 0 Å². The second-order valence-corrected chi connectivity index (χ2v) is 2.38. The van der Waals surface area contributed by atoms with Crippen LogP contribution in [0.1, 0.15) is 11.4 Å². The van der Waals surface area contributed by atoms with Gasteiger partial charge in [0.05, 0.1) is 23.0 Å². The Bertz CT molecular complexity index is 235. The van der Waals surface area contributed by atoms with Crippen molar-refractivity contribution in [3.63, 3.8) is 0 Å². The number of rotatable bonds is 1. The number of nitrogen functional groups attached to an aromatic ring is 1. The van der Waals surface area contributed by atoms with E-state index in [2.05, 4.69) is 4.98 Å². The van der Waals surface area contributed by atoms with Gasteiger partial charge >= 0.3 is 0 Å². The number of nitrogens with two attached hydrogens (primary N) is 1. The zero-order valence-corrected chi connectivity index (χ0v) is 6.52. The van der Waals surface area contributed by atoms with Crippen LogP contribution in [0.5, 0.6) is 0 Å². The Hall–Kier alpha value is -0.760. The number of aromatic nitrogens is 1. The number of hydrogen-bond donors (Lipinski definition) is 1. The van der Waals surface area contributed by atoms with Crippen LogP contribution < -0.4 is 5.73 Å². The fraction of sp³-hybridized carbons (Fsp3) is 0.286. The van der Waals surface area contributed by atoms with Gasteiger partial charge in [0.2, 0.25) is 0 Å². The zero-order valence-electron chi connectivity index (χ0n) is 5.76. The van der Waals surface area contributed by atoms with E-state index in [4.69, 9.17) is 17.3 Å². The molecule has 10 heavy (non-hydrogen) atoms. The van der Waals surface area contributed by atoms with Gasteiger partial charge in [-0.3, -0.25) is 4.98 Å². The number of hydrogen-bond acceptors (Lipinski definition) is 2. The maximum absolute atomic E-state index is 5.55. The summed E-state index contributed by atoms with van der Waals surface area (Å²) in [5.41, 5.74) is 7.97. The summed E-state index contributed by atoms with van der Waals surface area (Å²) in [6.45, 7) is 1.87. The SMILES string of the molecule is Cc1nc(CCl)ccc1N. The highest BCUT2D eigenvalue weighted by molar-refractivity contribution is 6.16. The van der Waals surface area contributed by atoms with Gasteiger partial charge in [-0.25, -0.2) is 0 Å². The van der Waals surface area contributed by atoms with Crippen LogP contribution in [0.4, 0.5) is 5.69 Å². The molecule has 54 valence electrons. The Morgan fingerprint density at radius 1 is 1.60 bits per heavy atom. The van der Waals surface area contributed by atoms with Crippen LogP contribution in [0.3, 0.4) is 0 Å². The third kappa shape index (κ3) is 1.39. The Labute approximate surface area is 65.0 Å². The fourth-order valence-electron chi connectivity index (χ4n) is 0.698. The lowest BCUT2D eigenvalue weighted by Crippen LogP contribution is -1.94. The Morgan fingerprint density at radius 2 is 2.30 bits per heavy atom. The molecule has 0 amide bonds. The van der Waals surface area contributed by atoms with Gasteiger partial charge in [0.15, 0.2) is 0 Å². The van der Waals surface area contributed by atoms with Crippen LogP contribution in [0, 0.1) is 6.92 Å². The van der Waals surface area contributed by atoms with E-state index < -0.39 is 0 Å². The molecule has 0 saturated carbocycles. The van der Waals surface area contributed by atoms with Crippen LogP contribution in [0.25, 0.3) is 0 Å². The molecule has 1 aromatic heterocycles. The number of pyridine rings is 1. The molecule has 0 atom stereocenters. The van der Waals surface area contributed by atoms with E-state index >= 15 is 0 Å². The monoisotopic (exact) mass is 156 g/mol. The minimum absolute atomic E-state index is 0.446. The highest BCUT2D eigenvalue weighted by Crippen LogP contribution is 2.09. The summed E-state index contributed by atoms with van der Waals surface area (Å²) >= 11 is 5.55. The summed E-state index contributed by atoms with van der Waals surface area (Å²) in [6.07, 6.45) is 0. The topological polar surface area (TPSA) is 38.9 Å². The Kier molecular flexibility index (Phi) is 2.12.